The van der Waals surface area contributed by atoms with Gasteiger partial charge in [-0.3, -0.25) is 15.1 Å². The van der Waals surface area contributed by atoms with E-state index >= 15 is 0 Å². The van der Waals surface area contributed by atoms with E-state index < -0.39 is 0 Å². The number of H-pyrrole nitrogens is 2. The van der Waals surface area contributed by atoms with Gasteiger partial charge in [0.15, 0.2) is 4.77 Å². The van der Waals surface area contributed by atoms with Gasteiger partial charge >= 0.3 is 0 Å². The molecule has 1 aliphatic rings. The fraction of sp³-hybridized carbons (Fsp3) is 0.333. The van der Waals surface area contributed by atoms with Gasteiger partial charge in [-0.2, -0.15) is 0 Å². The predicted octanol–water partition coefficient (Wildman–Crippen LogP) is -0.0949. The second-order valence-electron chi connectivity index (χ2n) is 2.54. The van der Waals surface area contributed by atoms with Crippen LogP contribution in [0.3, 0.4) is 0 Å². The van der Waals surface area contributed by atoms with Crippen LogP contribution in [0.2, 0.25) is 0 Å². The third-order valence-corrected chi connectivity index (χ3v) is 1.94. The summed E-state index contributed by atoms with van der Waals surface area (Å²) >= 11 is 4.81. The zero-order valence-corrected chi connectivity index (χ0v) is 7.05. The molecule has 4 N–H and O–H groups in total. The van der Waals surface area contributed by atoms with Crippen LogP contribution in [0, 0.1) is 4.77 Å². The van der Waals surface area contributed by atoms with Gasteiger partial charge in [-0.1, -0.05) is 0 Å². The number of hydrogen-bond donors (Lipinski definition) is 4. The number of anilines is 1. The van der Waals surface area contributed by atoms with Crippen molar-refractivity contribution in [3.05, 3.63) is 20.7 Å². The Balaban J connectivity index is 2.68. The van der Waals surface area contributed by atoms with E-state index in [2.05, 4.69) is 20.6 Å². The summed E-state index contributed by atoms with van der Waals surface area (Å²) in [5, 5.41) is 6.01. The van der Waals surface area contributed by atoms with Gasteiger partial charge in [-0.15, -0.1) is 0 Å². The normalized spacial score (nSPS) is 15.0. The van der Waals surface area contributed by atoms with Crippen LogP contribution in [0.4, 0.5) is 5.82 Å². The Kier molecular flexibility index (Phi) is 1.70. The fourth-order valence-corrected chi connectivity index (χ4v) is 1.37. The van der Waals surface area contributed by atoms with Crippen molar-refractivity contribution in [3.8, 4) is 0 Å². The summed E-state index contributed by atoms with van der Waals surface area (Å²) in [5.41, 5.74) is 0.545. The highest BCUT2D eigenvalue weighted by Gasteiger charge is 2.10. The third kappa shape index (κ3) is 1.15. The molecule has 0 aliphatic carbocycles. The Morgan fingerprint density at radius 1 is 1.33 bits per heavy atom. The molecule has 6 heteroatoms. The van der Waals surface area contributed by atoms with E-state index in [0.29, 0.717) is 23.5 Å². The molecule has 2 rings (SSSR count). The van der Waals surface area contributed by atoms with Gasteiger partial charge < -0.3 is 10.3 Å². The van der Waals surface area contributed by atoms with Gasteiger partial charge in [0.1, 0.15) is 5.82 Å². The molecule has 0 unspecified atom stereocenters. The minimum Gasteiger partial charge on any atom is -0.359 e. The maximum Gasteiger partial charge on any atom is 0.258 e. The number of nitrogens with one attached hydrogen (secondary N) is 4. The van der Waals surface area contributed by atoms with E-state index in [1.807, 2.05) is 0 Å². The largest absolute Gasteiger partial charge is 0.359 e. The monoisotopic (exact) mass is 184 g/mol. The lowest BCUT2D eigenvalue weighted by Crippen LogP contribution is -2.33. The molecule has 0 saturated carbocycles. The van der Waals surface area contributed by atoms with Crippen LogP contribution in [0.5, 0.6) is 0 Å². The molecule has 0 amide bonds. The Labute approximate surface area is 73.2 Å². The second kappa shape index (κ2) is 2.72. The van der Waals surface area contributed by atoms with Crippen LogP contribution >= 0.6 is 12.2 Å². The maximum atomic E-state index is 11.3. The predicted molar refractivity (Wildman–Crippen MR) is 47.6 cm³/mol. The SMILES string of the molecule is O=c1[nH]c(=S)[nH]c2c1CNCN2. The molecule has 0 fully saturated rings. The molecule has 64 valence electrons. The molecule has 0 atom stereocenters. The number of aromatic amines is 2. The van der Waals surface area contributed by atoms with Crippen LogP contribution in [0.1, 0.15) is 5.56 Å². The van der Waals surface area contributed by atoms with E-state index in [4.69, 9.17) is 12.2 Å². The lowest BCUT2D eigenvalue weighted by molar-refractivity contribution is 0.690. The van der Waals surface area contributed by atoms with Crippen molar-refractivity contribution in [2.45, 2.75) is 6.54 Å². The molecule has 0 bridgehead atoms. The van der Waals surface area contributed by atoms with Crippen molar-refractivity contribution in [2.24, 2.45) is 0 Å². The maximum absolute atomic E-state index is 11.3. The highest BCUT2D eigenvalue weighted by Crippen LogP contribution is 2.08. The number of hydrogen-bond acceptors (Lipinski definition) is 4. The first-order valence-corrected chi connectivity index (χ1v) is 3.98. The molecular weight excluding hydrogens is 176 g/mol. The summed E-state index contributed by atoms with van der Waals surface area (Å²) in [6.45, 7) is 1.23. The topological polar surface area (TPSA) is 72.7 Å². The van der Waals surface area contributed by atoms with E-state index in [0.717, 1.165) is 5.82 Å². The lowest BCUT2D eigenvalue weighted by Gasteiger charge is -2.16. The fourth-order valence-electron chi connectivity index (χ4n) is 1.17. The van der Waals surface area contributed by atoms with Crippen molar-refractivity contribution in [2.75, 3.05) is 12.0 Å². The van der Waals surface area contributed by atoms with Crippen LogP contribution in [0.25, 0.3) is 0 Å². The quantitative estimate of drug-likeness (QED) is 0.425. The number of rotatable bonds is 0. The molecule has 2 heterocycles. The summed E-state index contributed by atoms with van der Waals surface area (Å²) in [7, 11) is 0. The Hall–Kier alpha value is -1.14. The Morgan fingerprint density at radius 3 is 3.00 bits per heavy atom. The van der Waals surface area contributed by atoms with Gasteiger partial charge in [0, 0.05) is 6.54 Å². The first kappa shape index (κ1) is 7.51. The van der Waals surface area contributed by atoms with Gasteiger partial charge in [-0.05, 0) is 12.2 Å². The minimum absolute atomic E-state index is 0.131. The summed E-state index contributed by atoms with van der Waals surface area (Å²) in [5.74, 6) is 0.725. The average molecular weight is 184 g/mol. The van der Waals surface area contributed by atoms with Gasteiger partial charge in [0.05, 0.1) is 12.2 Å². The summed E-state index contributed by atoms with van der Waals surface area (Å²) in [6.07, 6.45) is 0. The van der Waals surface area contributed by atoms with Crippen LogP contribution in [-0.4, -0.2) is 16.6 Å². The first-order valence-electron chi connectivity index (χ1n) is 3.57. The minimum atomic E-state index is -0.131. The molecule has 0 saturated heterocycles. The third-order valence-electron chi connectivity index (χ3n) is 1.73. The van der Waals surface area contributed by atoms with Crippen LogP contribution in [-0.2, 0) is 6.54 Å². The molecule has 0 radical (unpaired) electrons. The van der Waals surface area contributed by atoms with Gasteiger partial charge in [0.25, 0.3) is 5.56 Å². The van der Waals surface area contributed by atoms with Gasteiger partial charge in [0.2, 0.25) is 0 Å². The summed E-state index contributed by atoms with van der Waals surface area (Å²) < 4.78 is 0.355. The Morgan fingerprint density at radius 2 is 2.17 bits per heavy atom. The van der Waals surface area contributed by atoms with Crippen molar-refractivity contribution < 1.29 is 0 Å². The summed E-state index contributed by atoms with van der Waals surface area (Å²) in [4.78, 5) is 16.7. The molecule has 5 nitrogen and oxygen atoms in total. The highest BCUT2D eigenvalue weighted by atomic mass is 32.1. The smallest absolute Gasteiger partial charge is 0.258 e. The average Bonchev–Trinajstić information content (AvgIpc) is 2.04. The lowest BCUT2D eigenvalue weighted by atomic mass is 10.3. The van der Waals surface area contributed by atoms with Gasteiger partial charge in [-0.25, -0.2) is 0 Å². The molecule has 1 aromatic heterocycles. The molecule has 0 spiro atoms. The highest BCUT2D eigenvalue weighted by molar-refractivity contribution is 7.71. The number of fused-ring (bicyclic) bond motifs is 1. The molecule has 0 aromatic carbocycles. The molecule has 1 aromatic rings. The van der Waals surface area contributed by atoms with E-state index in [9.17, 15) is 4.79 Å². The molecule has 12 heavy (non-hydrogen) atoms. The second-order valence-corrected chi connectivity index (χ2v) is 2.95. The van der Waals surface area contributed by atoms with E-state index in [-0.39, 0.29) is 5.56 Å². The van der Waals surface area contributed by atoms with E-state index in [1.54, 1.807) is 0 Å². The number of aromatic nitrogens is 2. The van der Waals surface area contributed by atoms with Crippen LogP contribution in [0.15, 0.2) is 4.79 Å². The zero-order valence-electron chi connectivity index (χ0n) is 6.23. The molecule has 1 aliphatic heterocycles. The van der Waals surface area contributed by atoms with E-state index in [1.165, 1.54) is 0 Å². The zero-order chi connectivity index (χ0) is 8.55. The van der Waals surface area contributed by atoms with Crippen molar-refractivity contribution in [1.29, 1.82) is 0 Å². The van der Waals surface area contributed by atoms with Crippen LogP contribution < -0.4 is 16.2 Å². The summed E-state index contributed by atoms with van der Waals surface area (Å²) in [6, 6.07) is 0. The van der Waals surface area contributed by atoms with Crippen molar-refractivity contribution in [1.82, 2.24) is 15.3 Å². The molecular formula is C6H8N4OS. The van der Waals surface area contributed by atoms with Crippen molar-refractivity contribution in [3.63, 3.8) is 0 Å². The standard InChI is InChI=1S/C6H8N4OS/c11-5-3-1-7-2-8-4(3)9-6(12)10-5/h7H,1-2H2,(H3,8,9,10,11,12). The first-order chi connectivity index (χ1) is 5.77. The van der Waals surface area contributed by atoms with Crippen molar-refractivity contribution >= 4 is 18.0 Å². The Bertz CT molecular complexity index is 407.